The van der Waals surface area contributed by atoms with Gasteiger partial charge in [0.25, 0.3) is 10.5 Å². The third-order valence-corrected chi connectivity index (χ3v) is 3.77. The number of hydrogen-bond donors (Lipinski definition) is 0. The van der Waals surface area contributed by atoms with Crippen LogP contribution < -0.4 is 0 Å². The van der Waals surface area contributed by atoms with Crippen LogP contribution in [0.2, 0.25) is 0 Å². The number of carbonyl (C=O) groups excluding carboxylic acids is 2. The van der Waals surface area contributed by atoms with Crippen molar-refractivity contribution in [3.05, 3.63) is 59.7 Å². The maximum Gasteiger partial charge on any atom is 0.252 e. The topological polar surface area (TPSA) is 34.1 Å². The minimum Gasteiger partial charge on any atom is -0.276 e. The summed E-state index contributed by atoms with van der Waals surface area (Å²) in [7, 11) is 0. The second-order valence-electron chi connectivity index (χ2n) is 3.71. The van der Waals surface area contributed by atoms with Crippen LogP contribution in [0.1, 0.15) is 20.7 Å². The summed E-state index contributed by atoms with van der Waals surface area (Å²) >= 11 is 12.3. The smallest absolute Gasteiger partial charge is 0.252 e. The molecule has 0 N–H and O–H groups in total. The van der Waals surface area contributed by atoms with Crippen LogP contribution in [0.4, 0.5) is 0 Å². The van der Waals surface area contributed by atoms with Crippen molar-refractivity contribution in [2.75, 3.05) is 0 Å². The molecule has 0 aromatic heterocycles. The highest BCUT2D eigenvalue weighted by Gasteiger charge is 2.06. The molecule has 0 aliphatic carbocycles. The molecule has 2 aromatic carbocycles. The lowest BCUT2D eigenvalue weighted by molar-refractivity contribution is 0.107. The Bertz CT molecular complexity index is 585. The number of rotatable bonds is 4. The van der Waals surface area contributed by atoms with Crippen LogP contribution in [0.25, 0.3) is 0 Å². The first-order chi connectivity index (χ1) is 9.06. The van der Waals surface area contributed by atoms with Gasteiger partial charge in [-0.2, -0.15) is 0 Å². The van der Waals surface area contributed by atoms with E-state index in [1.54, 1.807) is 36.4 Å². The van der Waals surface area contributed by atoms with Crippen LogP contribution in [0.5, 0.6) is 0 Å². The first-order valence-corrected chi connectivity index (χ1v) is 6.91. The van der Waals surface area contributed by atoms with E-state index in [-0.39, 0.29) is 0 Å². The van der Waals surface area contributed by atoms with Crippen molar-refractivity contribution in [3.8, 4) is 0 Å². The maximum absolute atomic E-state index is 11.1. The summed E-state index contributed by atoms with van der Waals surface area (Å²) in [6.07, 6.45) is 0. The van der Waals surface area contributed by atoms with Crippen LogP contribution in [0.3, 0.4) is 0 Å². The van der Waals surface area contributed by atoms with Gasteiger partial charge in [0.1, 0.15) is 0 Å². The van der Waals surface area contributed by atoms with Gasteiger partial charge >= 0.3 is 0 Å². The van der Waals surface area contributed by atoms with Crippen LogP contribution in [-0.4, -0.2) is 10.5 Å². The van der Waals surface area contributed by atoms with Crippen molar-refractivity contribution in [1.82, 2.24) is 0 Å². The van der Waals surface area contributed by atoms with Gasteiger partial charge in [-0.1, -0.05) is 36.0 Å². The molecule has 5 heteroatoms. The summed E-state index contributed by atoms with van der Waals surface area (Å²) in [5, 5.41) is -0.987. The molecule has 0 aliphatic heterocycles. The number of hydrogen-bond acceptors (Lipinski definition) is 3. The van der Waals surface area contributed by atoms with Gasteiger partial charge in [0, 0.05) is 20.9 Å². The largest absolute Gasteiger partial charge is 0.276 e. The van der Waals surface area contributed by atoms with Crippen molar-refractivity contribution in [1.29, 1.82) is 0 Å². The second-order valence-corrected chi connectivity index (χ2v) is 5.54. The Morgan fingerprint density at radius 2 is 1.21 bits per heavy atom. The van der Waals surface area contributed by atoms with Crippen LogP contribution in [0.15, 0.2) is 58.3 Å². The quantitative estimate of drug-likeness (QED) is 0.774. The summed E-state index contributed by atoms with van der Waals surface area (Å²) in [5.74, 6) is 0. The molecule has 0 fully saturated rings. The highest BCUT2D eigenvalue weighted by Crippen LogP contribution is 2.29. The lowest BCUT2D eigenvalue weighted by Crippen LogP contribution is -1.89. The average molecular weight is 311 g/mol. The van der Waals surface area contributed by atoms with E-state index in [1.807, 2.05) is 12.1 Å². The van der Waals surface area contributed by atoms with E-state index < -0.39 is 10.5 Å². The average Bonchev–Trinajstić information content (AvgIpc) is 2.39. The summed E-state index contributed by atoms with van der Waals surface area (Å²) in [6, 6.07) is 14.0. The van der Waals surface area contributed by atoms with Gasteiger partial charge < -0.3 is 0 Å². The van der Waals surface area contributed by atoms with Crippen LogP contribution in [-0.2, 0) is 0 Å². The molecule has 0 saturated carbocycles. The van der Waals surface area contributed by atoms with E-state index in [0.29, 0.717) is 11.1 Å². The van der Waals surface area contributed by atoms with Crippen LogP contribution in [0, 0.1) is 0 Å². The van der Waals surface area contributed by atoms with Gasteiger partial charge in [0.2, 0.25) is 0 Å². The molecule has 2 rings (SSSR count). The first-order valence-electron chi connectivity index (χ1n) is 5.34. The highest BCUT2D eigenvalue weighted by atomic mass is 35.5. The SMILES string of the molecule is O=C(Cl)c1cccc(Sc2cccc(C(=O)Cl)c2)c1. The molecular weight excluding hydrogens is 303 g/mol. The zero-order valence-electron chi connectivity index (χ0n) is 9.60. The number of benzene rings is 2. The van der Waals surface area contributed by atoms with Crippen molar-refractivity contribution in [2.24, 2.45) is 0 Å². The maximum atomic E-state index is 11.1. The van der Waals surface area contributed by atoms with E-state index in [0.717, 1.165) is 9.79 Å². The van der Waals surface area contributed by atoms with E-state index in [2.05, 4.69) is 0 Å². The molecule has 2 nitrogen and oxygen atoms in total. The van der Waals surface area contributed by atoms with E-state index >= 15 is 0 Å². The standard InChI is InChI=1S/C14H8Cl2O2S/c15-13(17)9-3-1-5-11(7-9)19-12-6-2-4-10(8-12)14(16)18/h1-8H. The Hall–Kier alpha value is -1.29. The summed E-state index contributed by atoms with van der Waals surface area (Å²) in [5.41, 5.74) is 0.882. The second kappa shape index (κ2) is 6.24. The van der Waals surface area contributed by atoms with E-state index in [4.69, 9.17) is 23.2 Å². The molecule has 0 radical (unpaired) electrons. The predicted octanol–water partition coefficient (Wildman–Crippen LogP) is 4.60. The zero-order valence-corrected chi connectivity index (χ0v) is 11.9. The van der Waals surface area contributed by atoms with E-state index in [9.17, 15) is 9.59 Å². The molecule has 0 bridgehead atoms. The Balaban J connectivity index is 2.26. The Morgan fingerprint density at radius 3 is 1.58 bits per heavy atom. The third kappa shape index (κ3) is 3.83. The molecule has 0 unspecified atom stereocenters. The van der Waals surface area contributed by atoms with Crippen molar-refractivity contribution in [2.45, 2.75) is 9.79 Å². The minimum absolute atomic E-state index is 0.441. The lowest BCUT2D eigenvalue weighted by atomic mass is 10.2. The van der Waals surface area contributed by atoms with Crippen molar-refractivity contribution in [3.63, 3.8) is 0 Å². The minimum atomic E-state index is -0.493. The Labute approximate surface area is 124 Å². The summed E-state index contributed by atoms with van der Waals surface area (Å²) in [4.78, 5) is 23.9. The normalized spacial score (nSPS) is 10.2. The van der Waals surface area contributed by atoms with Gasteiger partial charge in [0.05, 0.1) is 0 Å². The molecular formula is C14H8Cl2O2S. The number of carbonyl (C=O) groups is 2. The van der Waals surface area contributed by atoms with E-state index in [1.165, 1.54) is 11.8 Å². The van der Waals surface area contributed by atoms with Crippen LogP contribution >= 0.6 is 35.0 Å². The fourth-order valence-corrected chi connectivity index (χ4v) is 2.67. The first kappa shape index (κ1) is 14.1. The lowest BCUT2D eigenvalue weighted by Gasteiger charge is -2.04. The third-order valence-electron chi connectivity index (χ3n) is 2.36. The van der Waals surface area contributed by atoms with Gasteiger partial charge in [-0.05, 0) is 47.5 Å². The molecule has 0 spiro atoms. The van der Waals surface area contributed by atoms with Gasteiger partial charge in [0.15, 0.2) is 0 Å². The summed E-state index contributed by atoms with van der Waals surface area (Å²) in [6.45, 7) is 0. The monoisotopic (exact) mass is 310 g/mol. The molecule has 0 amide bonds. The fraction of sp³-hybridized carbons (Fsp3) is 0. The molecule has 0 heterocycles. The Kier molecular flexibility index (Phi) is 4.64. The molecule has 0 atom stereocenters. The van der Waals surface area contributed by atoms with Gasteiger partial charge in [-0.15, -0.1) is 0 Å². The Morgan fingerprint density at radius 1 is 0.789 bits per heavy atom. The highest BCUT2D eigenvalue weighted by molar-refractivity contribution is 7.99. The van der Waals surface area contributed by atoms with Gasteiger partial charge in [-0.3, -0.25) is 9.59 Å². The molecule has 19 heavy (non-hydrogen) atoms. The fourth-order valence-electron chi connectivity index (χ4n) is 1.50. The molecule has 0 aliphatic rings. The molecule has 2 aromatic rings. The van der Waals surface area contributed by atoms with Crippen molar-refractivity contribution < 1.29 is 9.59 Å². The van der Waals surface area contributed by atoms with Crippen molar-refractivity contribution >= 4 is 45.4 Å². The molecule has 96 valence electrons. The van der Waals surface area contributed by atoms with Gasteiger partial charge in [-0.25, -0.2) is 0 Å². The number of halogens is 2. The zero-order chi connectivity index (χ0) is 13.8. The summed E-state index contributed by atoms with van der Waals surface area (Å²) < 4.78 is 0. The molecule has 0 saturated heterocycles. The predicted molar refractivity (Wildman–Crippen MR) is 77.4 cm³/mol.